The van der Waals surface area contributed by atoms with Gasteiger partial charge in [-0.1, -0.05) is 18.6 Å². The normalized spacial score (nSPS) is 20.5. The van der Waals surface area contributed by atoms with E-state index in [0.717, 1.165) is 12.8 Å². The number of nitro benzene ring substituents is 1. The molecule has 0 radical (unpaired) electrons. The second kappa shape index (κ2) is 8.24. The van der Waals surface area contributed by atoms with Crippen molar-refractivity contribution < 1.29 is 24.0 Å². The van der Waals surface area contributed by atoms with Gasteiger partial charge < -0.3 is 9.47 Å². The summed E-state index contributed by atoms with van der Waals surface area (Å²) in [6, 6.07) is 5.92. The molecule has 0 spiro atoms. The van der Waals surface area contributed by atoms with Gasteiger partial charge in [0.2, 0.25) is 0 Å². The molecule has 2 rings (SSSR count). The SMILES string of the molecule is COC(=O)C1CCCCC1OC(=O)/C=C/c1cccc([N+](=O)[O-])c1. The minimum Gasteiger partial charge on any atom is -0.469 e. The van der Waals surface area contributed by atoms with Gasteiger partial charge in [0.15, 0.2) is 0 Å². The second-order valence-electron chi connectivity index (χ2n) is 5.57. The lowest BCUT2D eigenvalue weighted by atomic mass is 9.86. The summed E-state index contributed by atoms with van der Waals surface area (Å²) in [5.41, 5.74) is 0.470. The Morgan fingerprint density at radius 2 is 2.04 bits per heavy atom. The summed E-state index contributed by atoms with van der Waals surface area (Å²) in [7, 11) is 1.32. The molecule has 1 aliphatic rings. The number of hydrogen-bond acceptors (Lipinski definition) is 6. The summed E-state index contributed by atoms with van der Waals surface area (Å²) in [5.74, 6) is -1.38. The van der Waals surface area contributed by atoms with Crippen LogP contribution in [0.15, 0.2) is 30.3 Å². The van der Waals surface area contributed by atoms with Crippen LogP contribution in [0.5, 0.6) is 0 Å². The van der Waals surface area contributed by atoms with Gasteiger partial charge in [-0.05, 0) is 30.9 Å². The molecule has 2 unspecified atom stereocenters. The first kappa shape index (κ1) is 17.7. The van der Waals surface area contributed by atoms with E-state index >= 15 is 0 Å². The summed E-state index contributed by atoms with van der Waals surface area (Å²) < 4.78 is 10.1. The van der Waals surface area contributed by atoms with Crippen molar-refractivity contribution in [2.45, 2.75) is 31.8 Å². The quantitative estimate of drug-likeness (QED) is 0.356. The van der Waals surface area contributed by atoms with Gasteiger partial charge >= 0.3 is 11.9 Å². The lowest BCUT2D eigenvalue weighted by Gasteiger charge is -2.28. The zero-order valence-electron chi connectivity index (χ0n) is 13.3. The van der Waals surface area contributed by atoms with E-state index in [0.29, 0.717) is 18.4 Å². The van der Waals surface area contributed by atoms with E-state index in [4.69, 9.17) is 9.47 Å². The van der Waals surface area contributed by atoms with E-state index < -0.39 is 22.9 Å². The van der Waals surface area contributed by atoms with Gasteiger partial charge in [-0.15, -0.1) is 0 Å². The Kier molecular flexibility index (Phi) is 6.06. The van der Waals surface area contributed by atoms with Crippen LogP contribution in [0.2, 0.25) is 0 Å². The Balaban J connectivity index is 2.00. The largest absolute Gasteiger partial charge is 0.469 e. The molecule has 1 aromatic carbocycles. The number of methoxy groups -OCH3 is 1. The number of esters is 2. The van der Waals surface area contributed by atoms with Crippen molar-refractivity contribution in [3.63, 3.8) is 0 Å². The highest BCUT2D eigenvalue weighted by Gasteiger charge is 2.34. The average Bonchev–Trinajstić information content (AvgIpc) is 2.60. The molecule has 1 aliphatic carbocycles. The van der Waals surface area contributed by atoms with E-state index in [1.807, 2.05) is 0 Å². The van der Waals surface area contributed by atoms with Gasteiger partial charge in [-0.3, -0.25) is 14.9 Å². The van der Waals surface area contributed by atoms with E-state index in [1.54, 1.807) is 6.07 Å². The van der Waals surface area contributed by atoms with Gasteiger partial charge in [0.05, 0.1) is 18.0 Å². The van der Waals surface area contributed by atoms with Gasteiger partial charge in [0.1, 0.15) is 6.10 Å². The summed E-state index contributed by atoms with van der Waals surface area (Å²) in [6.45, 7) is 0. The number of benzene rings is 1. The monoisotopic (exact) mass is 333 g/mol. The highest BCUT2D eigenvalue weighted by atomic mass is 16.6. The number of nitrogens with zero attached hydrogens (tertiary/aromatic N) is 1. The predicted octanol–water partition coefficient (Wildman–Crippen LogP) is 2.88. The molecular formula is C17H19NO6. The molecule has 0 bridgehead atoms. The molecule has 0 aromatic heterocycles. The molecule has 1 fully saturated rings. The molecule has 0 heterocycles. The van der Waals surface area contributed by atoms with Gasteiger partial charge in [-0.2, -0.15) is 0 Å². The van der Waals surface area contributed by atoms with E-state index in [9.17, 15) is 19.7 Å². The first-order chi connectivity index (χ1) is 11.5. The third-order valence-corrected chi connectivity index (χ3v) is 3.97. The van der Waals surface area contributed by atoms with Crippen LogP contribution in [-0.2, 0) is 19.1 Å². The standard InChI is InChI=1S/C17H19NO6/c1-23-17(20)14-7-2-3-8-15(14)24-16(19)10-9-12-5-4-6-13(11-12)18(21)22/h4-6,9-11,14-15H,2-3,7-8H2,1H3/b10-9+. The minimum absolute atomic E-state index is 0.0523. The summed E-state index contributed by atoms with van der Waals surface area (Å²) in [6.07, 6.45) is 5.22. The fraction of sp³-hybridized carbons (Fsp3) is 0.412. The van der Waals surface area contributed by atoms with E-state index in [1.165, 1.54) is 37.5 Å². The average molecular weight is 333 g/mol. The fourth-order valence-electron chi connectivity index (χ4n) is 2.75. The zero-order valence-corrected chi connectivity index (χ0v) is 13.3. The highest BCUT2D eigenvalue weighted by molar-refractivity contribution is 5.87. The van der Waals surface area contributed by atoms with Crippen molar-refractivity contribution in [3.8, 4) is 0 Å². The summed E-state index contributed by atoms with van der Waals surface area (Å²) >= 11 is 0. The fourth-order valence-corrected chi connectivity index (χ4v) is 2.75. The molecule has 1 aromatic rings. The van der Waals surface area contributed by atoms with Gasteiger partial charge in [0.25, 0.3) is 5.69 Å². The zero-order chi connectivity index (χ0) is 17.5. The topological polar surface area (TPSA) is 95.7 Å². The highest BCUT2D eigenvalue weighted by Crippen LogP contribution is 2.28. The first-order valence-corrected chi connectivity index (χ1v) is 7.72. The predicted molar refractivity (Wildman–Crippen MR) is 86.0 cm³/mol. The molecular weight excluding hydrogens is 314 g/mol. The van der Waals surface area contributed by atoms with Crippen molar-refractivity contribution in [2.24, 2.45) is 5.92 Å². The van der Waals surface area contributed by atoms with E-state index in [-0.39, 0.29) is 11.7 Å². The van der Waals surface area contributed by atoms with Gasteiger partial charge in [0, 0.05) is 18.2 Å². The lowest BCUT2D eigenvalue weighted by Crippen LogP contribution is -2.35. The third-order valence-electron chi connectivity index (χ3n) is 3.97. The van der Waals surface area contributed by atoms with Crippen LogP contribution in [0.4, 0.5) is 5.69 Å². The van der Waals surface area contributed by atoms with Crippen molar-refractivity contribution in [1.29, 1.82) is 0 Å². The molecule has 7 nitrogen and oxygen atoms in total. The number of rotatable bonds is 5. The molecule has 1 saturated carbocycles. The lowest BCUT2D eigenvalue weighted by molar-refractivity contribution is -0.384. The van der Waals surface area contributed by atoms with Crippen molar-refractivity contribution in [2.75, 3.05) is 7.11 Å². The molecule has 24 heavy (non-hydrogen) atoms. The maximum atomic E-state index is 12.0. The van der Waals surface area contributed by atoms with Crippen LogP contribution in [0.1, 0.15) is 31.2 Å². The maximum Gasteiger partial charge on any atom is 0.331 e. The molecule has 2 atom stereocenters. The number of carbonyl (C=O) groups is 2. The molecule has 0 aliphatic heterocycles. The van der Waals surface area contributed by atoms with E-state index in [2.05, 4.69) is 0 Å². The second-order valence-corrected chi connectivity index (χ2v) is 5.57. The minimum atomic E-state index is -0.581. The molecule has 0 N–H and O–H groups in total. The smallest absolute Gasteiger partial charge is 0.331 e. The number of non-ortho nitro benzene ring substituents is 1. The Morgan fingerprint density at radius 1 is 1.29 bits per heavy atom. The van der Waals surface area contributed by atoms with Crippen LogP contribution >= 0.6 is 0 Å². The number of carbonyl (C=O) groups excluding carboxylic acids is 2. The van der Waals surface area contributed by atoms with Crippen LogP contribution in [0.25, 0.3) is 6.08 Å². The maximum absolute atomic E-state index is 12.0. The van der Waals surface area contributed by atoms with Crippen LogP contribution in [0, 0.1) is 16.0 Å². The Labute approximate surface area is 139 Å². The van der Waals surface area contributed by atoms with Crippen molar-refractivity contribution >= 4 is 23.7 Å². The van der Waals surface area contributed by atoms with Crippen molar-refractivity contribution in [3.05, 3.63) is 46.0 Å². The van der Waals surface area contributed by atoms with Crippen LogP contribution in [-0.4, -0.2) is 30.1 Å². The molecule has 7 heteroatoms. The number of ether oxygens (including phenoxy) is 2. The van der Waals surface area contributed by atoms with Crippen LogP contribution in [0.3, 0.4) is 0 Å². The van der Waals surface area contributed by atoms with Crippen LogP contribution < -0.4 is 0 Å². The van der Waals surface area contributed by atoms with Gasteiger partial charge in [-0.25, -0.2) is 4.79 Å². The summed E-state index contributed by atoms with van der Waals surface area (Å²) in [4.78, 5) is 33.9. The van der Waals surface area contributed by atoms with Crippen molar-refractivity contribution in [1.82, 2.24) is 0 Å². The number of hydrogen-bond donors (Lipinski definition) is 0. The summed E-state index contributed by atoms with van der Waals surface area (Å²) in [5, 5.41) is 10.7. The number of nitro groups is 1. The third kappa shape index (κ3) is 4.65. The first-order valence-electron chi connectivity index (χ1n) is 7.72. The Bertz CT molecular complexity index is 654. The Morgan fingerprint density at radius 3 is 2.75 bits per heavy atom. The molecule has 128 valence electrons. The molecule has 0 saturated heterocycles. The Hall–Kier alpha value is -2.70. The molecule has 0 amide bonds.